The van der Waals surface area contributed by atoms with Crippen LogP contribution in [-0.4, -0.2) is 108 Å². The van der Waals surface area contributed by atoms with Gasteiger partial charge in [-0.2, -0.15) is 0 Å². The van der Waals surface area contributed by atoms with E-state index >= 15 is 0 Å². The van der Waals surface area contributed by atoms with Gasteiger partial charge in [0.1, 0.15) is 11.6 Å². The van der Waals surface area contributed by atoms with Gasteiger partial charge in [-0.3, -0.25) is 29.0 Å². The maximum atomic E-state index is 13.3. The molecule has 15 nitrogen and oxygen atoms in total. The number of likely N-dealkylation sites (tertiary alicyclic amines) is 1. The molecule has 2 fully saturated rings. The van der Waals surface area contributed by atoms with Gasteiger partial charge in [0.25, 0.3) is 0 Å². The highest BCUT2D eigenvalue weighted by Gasteiger charge is 2.35. The Balaban J connectivity index is 1.83. The molecule has 2 aliphatic rings. The second-order valence-electron chi connectivity index (χ2n) is 13.9. The predicted molar refractivity (Wildman–Crippen MR) is 176 cm³/mol. The zero-order valence-electron chi connectivity index (χ0n) is 29.4. The summed E-state index contributed by atoms with van der Waals surface area (Å²) < 4.78 is 10.3. The van der Waals surface area contributed by atoms with E-state index in [1.54, 1.807) is 39.5 Å². The van der Waals surface area contributed by atoms with E-state index < -0.39 is 54.0 Å². The van der Waals surface area contributed by atoms with Crippen LogP contribution < -0.4 is 21.4 Å². The summed E-state index contributed by atoms with van der Waals surface area (Å²) in [6, 6.07) is -1.98. The molecule has 15 heteroatoms. The Morgan fingerprint density at radius 1 is 0.958 bits per heavy atom. The fourth-order valence-electron chi connectivity index (χ4n) is 5.23. The standard InChI is InChI=1S/C33H54N6O9/c1-21(2)19-26(41)34-16-12-28(43)39-24(9-8-15-35-39)31(45)37-30(22(3)4)25(40)20-47-29(44)11-10-27(42)38-17-13-23(14-18-38)36-32(46)48-33(5,6)7/h10-11,21-24,30,35H,8-9,12-20H2,1-7H3,(H,34,41)(H,36,46)(H,37,45)/b11-10+. The van der Waals surface area contributed by atoms with Crippen molar-refractivity contribution in [1.29, 1.82) is 0 Å². The van der Waals surface area contributed by atoms with E-state index in [2.05, 4.69) is 21.4 Å². The first-order valence-corrected chi connectivity index (χ1v) is 16.8. The number of ketones is 1. The van der Waals surface area contributed by atoms with Crippen molar-refractivity contribution in [1.82, 2.24) is 31.3 Å². The van der Waals surface area contributed by atoms with Gasteiger partial charge < -0.3 is 30.3 Å². The zero-order chi connectivity index (χ0) is 36.0. The summed E-state index contributed by atoms with van der Waals surface area (Å²) in [7, 11) is 0. The number of nitrogens with zero attached hydrogens (tertiary/aromatic N) is 2. The average Bonchev–Trinajstić information content (AvgIpc) is 3.00. The molecule has 0 aromatic rings. The number of carbonyl (C=O) groups excluding carboxylic acids is 7. The summed E-state index contributed by atoms with van der Waals surface area (Å²) in [5.74, 6) is -3.01. The van der Waals surface area contributed by atoms with Crippen molar-refractivity contribution in [3.8, 4) is 0 Å². The van der Waals surface area contributed by atoms with Crippen molar-refractivity contribution in [2.75, 3.05) is 32.8 Å². The molecular formula is C33H54N6O9. The summed E-state index contributed by atoms with van der Waals surface area (Å²) in [5, 5.41) is 9.49. The minimum absolute atomic E-state index is 0.00269. The second kappa shape index (κ2) is 19.1. The van der Waals surface area contributed by atoms with Gasteiger partial charge in [0.2, 0.25) is 23.6 Å². The van der Waals surface area contributed by atoms with Crippen LogP contribution in [0.2, 0.25) is 0 Å². The minimum atomic E-state index is -0.985. The second-order valence-corrected chi connectivity index (χ2v) is 13.9. The Kier molecular flexibility index (Phi) is 16.0. The molecule has 0 bridgehead atoms. The lowest BCUT2D eigenvalue weighted by molar-refractivity contribution is -0.148. The Hall–Kier alpha value is -4.01. The lowest BCUT2D eigenvalue weighted by Crippen LogP contribution is -2.61. The Labute approximate surface area is 283 Å². The van der Waals surface area contributed by atoms with Gasteiger partial charge >= 0.3 is 12.1 Å². The van der Waals surface area contributed by atoms with Crippen molar-refractivity contribution in [3.63, 3.8) is 0 Å². The van der Waals surface area contributed by atoms with E-state index in [4.69, 9.17) is 9.47 Å². The number of piperidine rings is 1. The fraction of sp³-hybridized carbons (Fsp3) is 0.727. The van der Waals surface area contributed by atoms with Crippen LogP contribution in [0, 0.1) is 11.8 Å². The van der Waals surface area contributed by atoms with E-state index in [0.29, 0.717) is 51.7 Å². The van der Waals surface area contributed by atoms with Crippen LogP contribution in [-0.2, 0) is 38.2 Å². The molecular weight excluding hydrogens is 624 g/mol. The van der Waals surface area contributed by atoms with Gasteiger partial charge in [0.05, 0.1) is 6.04 Å². The van der Waals surface area contributed by atoms with E-state index in [9.17, 15) is 33.6 Å². The number of nitrogens with one attached hydrogen (secondary N) is 4. The number of ether oxygens (including phenoxy) is 2. The van der Waals surface area contributed by atoms with E-state index in [0.717, 1.165) is 12.2 Å². The fourth-order valence-corrected chi connectivity index (χ4v) is 5.23. The lowest BCUT2D eigenvalue weighted by Gasteiger charge is -2.36. The summed E-state index contributed by atoms with van der Waals surface area (Å²) in [6.07, 6.45) is 3.95. The first-order chi connectivity index (χ1) is 22.5. The number of hydrogen-bond acceptors (Lipinski definition) is 10. The summed E-state index contributed by atoms with van der Waals surface area (Å²) >= 11 is 0. The van der Waals surface area contributed by atoms with Crippen molar-refractivity contribution in [2.24, 2.45) is 11.8 Å². The van der Waals surface area contributed by atoms with Crippen molar-refractivity contribution in [2.45, 2.75) is 111 Å². The molecule has 2 saturated heterocycles. The van der Waals surface area contributed by atoms with Crippen molar-refractivity contribution in [3.05, 3.63) is 12.2 Å². The highest BCUT2D eigenvalue weighted by atomic mass is 16.6. The van der Waals surface area contributed by atoms with Gasteiger partial charge in [-0.05, 0) is 58.3 Å². The van der Waals surface area contributed by atoms with Gasteiger partial charge in [-0.15, -0.1) is 0 Å². The van der Waals surface area contributed by atoms with Crippen LogP contribution in [0.15, 0.2) is 12.2 Å². The molecule has 48 heavy (non-hydrogen) atoms. The number of esters is 1. The van der Waals surface area contributed by atoms with Crippen LogP contribution in [0.1, 0.15) is 87.0 Å². The SMILES string of the molecule is CC(C)CC(=O)NCCC(=O)N1NCCCC1C(=O)NC(C(=O)COC(=O)/C=C/C(=O)N1CCC(NC(=O)OC(C)(C)C)CC1)C(C)C. The number of hydrazine groups is 1. The zero-order valence-corrected chi connectivity index (χ0v) is 29.4. The Morgan fingerprint density at radius 2 is 1.62 bits per heavy atom. The smallest absolute Gasteiger partial charge is 0.407 e. The Bertz CT molecular complexity index is 1190. The third kappa shape index (κ3) is 14.4. The first-order valence-electron chi connectivity index (χ1n) is 16.8. The molecule has 2 rings (SSSR count). The normalized spacial score (nSPS) is 18.0. The number of rotatable bonds is 14. The third-order valence-corrected chi connectivity index (χ3v) is 7.63. The predicted octanol–water partition coefficient (Wildman–Crippen LogP) is 1.36. The molecule has 0 saturated carbocycles. The lowest BCUT2D eigenvalue weighted by atomic mass is 9.98. The van der Waals surface area contributed by atoms with Crippen molar-refractivity contribution >= 4 is 41.5 Å². The number of Topliss-reactive ketones (excluding diaryl/α,β-unsaturated/α-hetero) is 1. The van der Waals surface area contributed by atoms with Crippen LogP contribution in [0.5, 0.6) is 0 Å². The first kappa shape index (κ1) is 40.2. The summed E-state index contributed by atoms with van der Waals surface area (Å²) in [5.41, 5.74) is 2.34. The molecule has 0 aromatic heterocycles. The highest BCUT2D eigenvalue weighted by Crippen LogP contribution is 2.15. The Morgan fingerprint density at radius 3 is 2.23 bits per heavy atom. The van der Waals surface area contributed by atoms with Crippen LogP contribution in [0.25, 0.3) is 0 Å². The van der Waals surface area contributed by atoms with E-state index in [1.165, 1.54) is 5.01 Å². The monoisotopic (exact) mass is 678 g/mol. The summed E-state index contributed by atoms with van der Waals surface area (Å²) in [4.78, 5) is 89.5. The number of alkyl carbamates (subject to hydrolysis) is 1. The molecule has 2 heterocycles. The summed E-state index contributed by atoms with van der Waals surface area (Å²) in [6.45, 7) is 13.4. The third-order valence-electron chi connectivity index (χ3n) is 7.63. The maximum Gasteiger partial charge on any atom is 0.407 e. The molecule has 0 aliphatic carbocycles. The van der Waals surface area contributed by atoms with Crippen LogP contribution in [0.4, 0.5) is 4.79 Å². The van der Waals surface area contributed by atoms with E-state index in [-0.39, 0.29) is 42.7 Å². The maximum absolute atomic E-state index is 13.3. The van der Waals surface area contributed by atoms with Crippen LogP contribution >= 0.6 is 0 Å². The van der Waals surface area contributed by atoms with Crippen LogP contribution in [0.3, 0.4) is 0 Å². The molecule has 2 unspecified atom stereocenters. The molecule has 4 N–H and O–H groups in total. The molecule has 0 radical (unpaired) electrons. The molecule has 2 aliphatic heterocycles. The average molecular weight is 679 g/mol. The number of amides is 5. The van der Waals surface area contributed by atoms with E-state index in [1.807, 2.05) is 13.8 Å². The largest absolute Gasteiger partial charge is 0.454 e. The van der Waals surface area contributed by atoms with Gasteiger partial charge in [-0.25, -0.2) is 15.0 Å². The number of hydrogen-bond donors (Lipinski definition) is 4. The highest BCUT2D eigenvalue weighted by molar-refractivity contribution is 5.97. The van der Waals surface area contributed by atoms with Crippen molar-refractivity contribution < 1.29 is 43.0 Å². The topological polar surface area (TPSA) is 193 Å². The molecule has 270 valence electrons. The molecule has 2 atom stereocenters. The van der Waals surface area contributed by atoms with Gasteiger partial charge in [-0.1, -0.05) is 27.7 Å². The molecule has 0 spiro atoms. The van der Waals surface area contributed by atoms with Gasteiger partial charge in [0.15, 0.2) is 12.4 Å². The minimum Gasteiger partial charge on any atom is -0.454 e. The molecule has 5 amide bonds. The molecule has 0 aromatic carbocycles. The van der Waals surface area contributed by atoms with Gasteiger partial charge in [0, 0.05) is 57.2 Å². The number of carbonyl (C=O) groups is 7. The quantitative estimate of drug-likeness (QED) is 0.154.